The Morgan fingerprint density at radius 2 is 2.24 bits per heavy atom. The fourth-order valence-electron chi connectivity index (χ4n) is 4.52. The summed E-state index contributed by atoms with van der Waals surface area (Å²) in [5.41, 5.74) is 6.52. The van der Waals surface area contributed by atoms with E-state index in [0.717, 1.165) is 30.9 Å². The summed E-state index contributed by atoms with van der Waals surface area (Å²) in [7, 11) is 0. The van der Waals surface area contributed by atoms with E-state index in [1.807, 2.05) is 6.07 Å². The van der Waals surface area contributed by atoms with Crippen molar-refractivity contribution in [1.29, 1.82) is 0 Å². The third-order valence-corrected chi connectivity index (χ3v) is 5.86. The highest BCUT2D eigenvalue weighted by Crippen LogP contribution is 2.42. The number of piperidine rings is 1. The molecule has 0 aromatic carbocycles. The molecule has 4 rings (SSSR count). The van der Waals surface area contributed by atoms with Crippen molar-refractivity contribution in [3.8, 4) is 0 Å². The van der Waals surface area contributed by atoms with Crippen LogP contribution in [-0.2, 0) is 6.54 Å². The highest BCUT2D eigenvalue weighted by Gasteiger charge is 2.48. The van der Waals surface area contributed by atoms with Gasteiger partial charge in [-0.15, -0.1) is 0 Å². The number of rotatable bonds is 5. The van der Waals surface area contributed by atoms with Crippen LogP contribution in [0.4, 0.5) is 0 Å². The lowest BCUT2D eigenvalue weighted by Gasteiger charge is -2.50. The largest absolute Gasteiger partial charge is 0.468 e. The van der Waals surface area contributed by atoms with Crippen molar-refractivity contribution >= 4 is 0 Å². The maximum atomic E-state index is 6.33. The highest BCUT2D eigenvalue weighted by atomic mass is 16.3. The van der Waals surface area contributed by atoms with E-state index in [1.165, 1.54) is 51.6 Å². The summed E-state index contributed by atoms with van der Waals surface area (Å²) in [6.45, 7) is 4.24. The number of nitrogens with two attached hydrogens (primary N) is 1. The lowest BCUT2D eigenvalue weighted by atomic mass is 9.81. The topological polar surface area (TPSA) is 45.6 Å². The molecule has 3 heterocycles. The maximum Gasteiger partial charge on any atom is 0.117 e. The first-order chi connectivity index (χ1) is 10.3. The molecule has 3 fully saturated rings. The average Bonchev–Trinajstić information content (AvgIpc) is 3.02. The van der Waals surface area contributed by atoms with Crippen LogP contribution in [0, 0.1) is 0 Å². The molecule has 2 N–H and O–H groups in total. The highest BCUT2D eigenvalue weighted by molar-refractivity contribution is 5.08. The first kappa shape index (κ1) is 13.8. The van der Waals surface area contributed by atoms with Crippen molar-refractivity contribution in [2.45, 2.75) is 62.7 Å². The van der Waals surface area contributed by atoms with Crippen LogP contribution >= 0.6 is 0 Å². The molecule has 0 amide bonds. The molecule has 2 unspecified atom stereocenters. The number of hydrogen-bond acceptors (Lipinski definition) is 4. The van der Waals surface area contributed by atoms with Crippen LogP contribution in [0.5, 0.6) is 0 Å². The van der Waals surface area contributed by atoms with Gasteiger partial charge in [0, 0.05) is 30.7 Å². The molecule has 0 radical (unpaired) electrons. The minimum Gasteiger partial charge on any atom is -0.468 e. The van der Waals surface area contributed by atoms with E-state index in [2.05, 4.69) is 15.9 Å². The van der Waals surface area contributed by atoms with Gasteiger partial charge in [0.1, 0.15) is 5.76 Å². The van der Waals surface area contributed by atoms with E-state index in [4.69, 9.17) is 10.2 Å². The van der Waals surface area contributed by atoms with Crippen molar-refractivity contribution < 1.29 is 4.42 Å². The Morgan fingerprint density at radius 1 is 1.33 bits per heavy atom. The Bertz CT molecular complexity index is 470. The molecule has 3 aliphatic rings. The lowest BCUT2D eigenvalue weighted by Crippen LogP contribution is -2.61. The fourth-order valence-corrected chi connectivity index (χ4v) is 4.52. The summed E-state index contributed by atoms with van der Waals surface area (Å²) in [6.07, 6.45) is 9.65. The Labute approximate surface area is 127 Å². The predicted octanol–water partition coefficient (Wildman–Crippen LogP) is 2.20. The molecular formula is C17H27N3O. The summed E-state index contributed by atoms with van der Waals surface area (Å²) in [5, 5.41) is 0. The Morgan fingerprint density at radius 3 is 2.95 bits per heavy atom. The van der Waals surface area contributed by atoms with Gasteiger partial charge in [0.15, 0.2) is 0 Å². The SMILES string of the molecule is NCC1(N(Cc2ccco2)C2CC2)CCN2CCCC2C1. The van der Waals surface area contributed by atoms with Crippen LogP contribution < -0.4 is 5.73 Å². The summed E-state index contributed by atoms with van der Waals surface area (Å²) < 4.78 is 5.62. The molecule has 1 aliphatic carbocycles. The first-order valence-electron chi connectivity index (χ1n) is 8.54. The second-order valence-corrected chi connectivity index (χ2v) is 7.15. The molecular weight excluding hydrogens is 262 g/mol. The Hall–Kier alpha value is -0.840. The van der Waals surface area contributed by atoms with Gasteiger partial charge in [0.25, 0.3) is 0 Å². The van der Waals surface area contributed by atoms with Gasteiger partial charge in [-0.1, -0.05) is 0 Å². The van der Waals surface area contributed by atoms with Gasteiger partial charge in [0.2, 0.25) is 0 Å². The molecule has 21 heavy (non-hydrogen) atoms. The molecule has 2 saturated heterocycles. The van der Waals surface area contributed by atoms with E-state index in [1.54, 1.807) is 6.26 Å². The Balaban J connectivity index is 1.56. The molecule has 4 nitrogen and oxygen atoms in total. The second kappa shape index (κ2) is 5.41. The predicted molar refractivity (Wildman–Crippen MR) is 82.9 cm³/mol. The fraction of sp³-hybridized carbons (Fsp3) is 0.765. The molecule has 1 aromatic heterocycles. The molecule has 2 atom stereocenters. The lowest BCUT2D eigenvalue weighted by molar-refractivity contribution is -0.00457. The standard InChI is InChI=1S/C17H27N3O/c18-13-17(7-9-19-8-1-3-15(19)11-17)20(14-5-6-14)12-16-4-2-10-21-16/h2,4,10,14-15H,1,3,5-9,11-13,18H2. The zero-order valence-electron chi connectivity index (χ0n) is 12.8. The molecule has 1 aromatic rings. The second-order valence-electron chi connectivity index (χ2n) is 7.15. The van der Waals surface area contributed by atoms with E-state index in [-0.39, 0.29) is 5.54 Å². The minimum atomic E-state index is 0.194. The van der Waals surface area contributed by atoms with Gasteiger partial charge in [-0.05, 0) is 57.2 Å². The number of hydrogen-bond donors (Lipinski definition) is 1. The summed E-state index contributed by atoms with van der Waals surface area (Å²) in [5.74, 6) is 1.09. The zero-order valence-corrected chi connectivity index (χ0v) is 12.8. The van der Waals surface area contributed by atoms with E-state index < -0.39 is 0 Å². The van der Waals surface area contributed by atoms with Gasteiger partial charge >= 0.3 is 0 Å². The monoisotopic (exact) mass is 289 g/mol. The summed E-state index contributed by atoms with van der Waals surface area (Å²) in [4.78, 5) is 5.38. The van der Waals surface area contributed by atoms with Crippen molar-refractivity contribution in [2.75, 3.05) is 19.6 Å². The first-order valence-corrected chi connectivity index (χ1v) is 8.54. The number of fused-ring (bicyclic) bond motifs is 1. The van der Waals surface area contributed by atoms with Crippen molar-refractivity contribution in [1.82, 2.24) is 9.80 Å². The molecule has 4 heteroatoms. The quantitative estimate of drug-likeness (QED) is 0.902. The zero-order chi connectivity index (χ0) is 14.3. The van der Waals surface area contributed by atoms with E-state index >= 15 is 0 Å². The molecule has 2 aliphatic heterocycles. The van der Waals surface area contributed by atoms with E-state index in [0.29, 0.717) is 0 Å². The van der Waals surface area contributed by atoms with Crippen LogP contribution in [0.2, 0.25) is 0 Å². The number of nitrogens with zero attached hydrogens (tertiary/aromatic N) is 2. The van der Waals surface area contributed by atoms with Crippen LogP contribution in [0.15, 0.2) is 22.8 Å². The van der Waals surface area contributed by atoms with Gasteiger partial charge in [0.05, 0.1) is 12.8 Å². The third kappa shape index (κ3) is 2.54. The third-order valence-electron chi connectivity index (χ3n) is 5.86. The minimum absolute atomic E-state index is 0.194. The normalized spacial score (nSPS) is 33.5. The van der Waals surface area contributed by atoms with E-state index in [9.17, 15) is 0 Å². The van der Waals surface area contributed by atoms with Crippen molar-refractivity contribution in [2.24, 2.45) is 5.73 Å². The molecule has 0 bridgehead atoms. The van der Waals surface area contributed by atoms with Crippen LogP contribution in [0.3, 0.4) is 0 Å². The summed E-state index contributed by atoms with van der Waals surface area (Å²) >= 11 is 0. The van der Waals surface area contributed by atoms with Crippen molar-refractivity contribution in [3.05, 3.63) is 24.2 Å². The molecule has 116 valence electrons. The van der Waals surface area contributed by atoms with Gasteiger partial charge in [-0.25, -0.2) is 0 Å². The van der Waals surface area contributed by atoms with Crippen LogP contribution in [0.1, 0.15) is 44.3 Å². The van der Waals surface area contributed by atoms with Crippen LogP contribution in [-0.4, -0.2) is 47.1 Å². The maximum absolute atomic E-state index is 6.33. The van der Waals surface area contributed by atoms with Gasteiger partial charge in [-0.2, -0.15) is 0 Å². The molecule has 1 saturated carbocycles. The summed E-state index contributed by atoms with van der Waals surface area (Å²) in [6, 6.07) is 5.59. The van der Waals surface area contributed by atoms with Gasteiger partial charge < -0.3 is 15.1 Å². The van der Waals surface area contributed by atoms with Crippen LogP contribution in [0.25, 0.3) is 0 Å². The number of furan rings is 1. The average molecular weight is 289 g/mol. The Kier molecular flexibility index (Phi) is 3.56. The molecule has 0 spiro atoms. The van der Waals surface area contributed by atoms with Gasteiger partial charge in [-0.3, -0.25) is 4.90 Å². The van der Waals surface area contributed by atoms with Crippen molar-refractivity contribution in [3.63, 3.8) is 0 Å². The smallest absolute Gasteiger partial charge is 0.117 e.